The van der Waals surface area contributed by atoms with Crippen LogP contribution in [-0.4, -0.2) is 34.3 Å². The van der Waals surface area contributed by atoms with Crippen molar-refractivity contribution in [2.45, 2.75) is 51.0 Å². The van der Waals surface area contributed by atoms with Crippen LogP contribution >= 0.6 is 0 Å². The van der Waals surface area contributed by atoms with Gasteiger partial charge < -0.3 is 15.7 Å². The van der Waals surface area contributed by atoms with Gasteiger partial charge in [-0.05, 0) is 19.3 Å². The lowest BCUT2D eigenvalue weighted by molar-refractivity contribution is 0.0558. The molecule has 0 aromatic carbocycles. The molecule has 2 rings (SSSR count). The molecule has 0 spiro atoms. The van der Waals surface area contributed by atoms with Crippen molar-refractivity contribution in [2.75, 3.05) is 24.2 Å². The van der Waals surface area contributed by atoms with Crippen LogP contribution in [0.3, 0.4) is 0 Å². The van der Waals surface area contributed by atoms with E-state index in [2.05, 4.69) is 16.9 Å². The summed E-state index contributed by atoms with van der Waals surface area (Å²) in [5.74, 6) is 2.08. The van der Waals surface area contributed by atoms with Crippen LogP contribution in [0.5, 0.6) is 0 Å². The summed E-state index contributed by atoms with van der Waals surface area (Å²) in [6.45, 7) is 2.70. The number of aromatic nitrogens is 2. The summed E-state index contributed by atoms with van der Waals surface area (Å²) in [7, 11) is 1.95. The molecular formula is C14H24N4O. The minimum atomic E-state index is -0.570. The van der Waals surface area contributed by atoms with Crippen LogP contribution in [0.1, 0.15) is 44.9 Å². The van der Waals surface area contributed by atoms with E-state index in [1.165, 1.54) is 0 Å². The highest BCUT2D eigenvalue weighted by Crippen LogP contribution is 2.31. The fourth-order valence-corrected chi connectivity index (χ4v) is 2.75. The van der Waals surface area contributed by atoms with Crippen molar-refractivity contribution >= 4 is 11.6 Å². The minimum absolute atomic E-state index is 0.499. The lowest BCUT2D eigenvalue weighted by Gasteiger charge is -2.29. The van der Waals surface area contributed by atoms with Crippen molar-refractivity contribution in [2.24, 2.45) is 0 Å². The molecule has 1 aliphatic carbocycles. The summed E-state index contributed by atoms with van der Waals surface area (Å²) in [4.78, 5) is 10.7. The molecule has 0 saturated heterocycles. The summed E-state index contributed by atoms with van der Waals surface area (Å²) < 4.78 is 0. The van der Waals surface area contributed by atoms with Gasteiger partial charge >= 0.3 is 0 Å². The number of rotatable bonds is 5. The molecule has 3 N–H and O–H groups in total. The topological polar surface area (TPSA) is 75.3 Å². The van der Waals surface area contributed by atoms with E-state index in [-0.39, 0.29) is 0 Å². The van der Waals surface area contributed by atoms with Crippen LogP contribution in [0.2, 0.25) is 0 Å². The molecule has 1 saturated carbocycles. The predicted octanol–water partition coefficient (Wildman–Crippen LogP) is 1.75. The van der Waals surface area contributed by atoms with Gasteiger partial charge in [0.2, 0.25) is 0 Å². The molecule has 5 heteroatoms. The quantitative estimate of drug-likeness (QED) is 0.847. The van der Waals surface area contributed by atoms with E-state index in [1.54, 1.807) is 6.07 Å². The van der Waals surface area contributed by atoms with Crippen molar-refractivity contribution in [1.29, 1.82) is 0 Å². The Labute approximate surface area is 114 Å². The zero-order valence-corrected chi connectivity index (χ0v) is 11.9. The molecule has 0 radical (unpaired) electrons. The van der Waals surface area contributed by atoms with Crippen LogP contribution in [-0.2, 0) is 6.42 Å². The summed E-state index contributed by atoms with van der Waals surface area (Å²) in [5, 5.41) is 10.4. The summed E-state index contributed by atoms with van der Waals surface area (Å²) in [5.41, 5.74) is 5.26. The maximum atomic E-state index is 10.4. The van der Waals surface area contributed by atoms with E-state index in [4.69, 9.17) is 5.73 Å². The Balaban J connectivity index is 2.11. The average molecular weight is 264 g/mol. The van der Waals surface area contributed by atoms with E-state index in [1.807, 2.05) is 11.9 Å². The monoisotopic (exact) mass is 264 g/mol. The van der Waals surface area contributed by atoms with E-state index in [0.717, 1.165) is 50.2 Å². The molecule has 1 aliphatic rings. The van der Waals surface area contributed by atoms with Gasteiger partial charge in [0.05, 0.1) is 5.60 Å². The largest absolute Gasteiger partial charge is 0.388 e. The van der Waals surface area contributed by atoms with E-state index >= 15 is 0 Å². The molecule has 1 fully saturated rings. The smallest absolute Gasteiger partial charge is 0.134 e. The molecule has 0 bridgehead atoms. The SMILES string of the molecule is CCCc1nc(N)cc(N(C)CC2(O)CCCC2)n1. The number of nitrogens with zero attached hydrogens (tertiary/aromatic N) is 3. The maximum absolute atomic E-state index is 10.4. The predicted molar refractivity (Wildman–Crippen MR) is 77.1 cm³/mol. The van der Waals surface area contributed by atoms with Gasteiger partial charge in [0.1, 0.15) is 17.5 Å². The average Bonchev–Trinajstić information content (AvgIpc) is 2.75. The molecule has 1 heterocycles. The number of hydrogen-bond donors (Lipinski definition) is 2. The van der Waals surface area contributed by atoms with Crippen LogP contribution < -0.4 is 10.6 Å². The van der Waals surface area contributed by atoms with Gasteiger partial charge in [-0.25, -0.2) is 9.97 Å². The highest BCUT2D eigenvalue weighted by atomic mass is 16.3. The molecule has 0 unspecified atom stereocenters. The van der Waals surface area contributed by atoms with Gasteiger partial charge in [-0.2, -0.15) is 0 Å². The molecule has 0 atom stereocenters. The van der Waals surface area contributed by atoms with Gasteiger partial charge in [-0.3, -0.25) is 0 Å². The second-order valence-electron chi connectivity index (χ2n) is 5.60. The third-order valence-corrected chi connectivity index (χ3v) is 3.71. The molecule has 106 valence electrons. The first-order chi connectivity index (χ1) is 9.02. The van der Waals surface area contributed by atoms with Crippen LogP contribution in [0.25, 0.3) is 0 Å². The zero-order valence-electron chi connectivity index (χ0n) is 11.9. The van der Waals surface area contributed by atoms with Crippen molar-refractivity contribution in [3.63, 3.8) is 0 Å². The molecule has 0 amide bonds. The zero-order chi connectivity index (χ0) is 13.9. The number of nitrogens with two attached hydrogens (primary N) is 1. The molecule has 1 aromatic rings. The van der Waals surface area contributed by atoms with Crippen LogP contribution in [0, 0.1) is 0 Å². The van der Waals surface area contributed by atoms with Gasteiger partial charge in [0.25, 0.3) is 0 Å². The lowest BCUT2D eigenvalue weighted by atomic mass is 10.0. The minimum Gasteiger partial charge on any atom is -0.388 e. The first-order valence-electron chi connectivity index (χ1n) is 7.09. The first kappa shape index (κ1) is 14.1. The van der Waals surface area contributed by atoms with Gasteiger partial charge in [-0.15, -0.1) is 0 Å². The highest BCUT2D eigenvalue weighted by molar-refractivity contribution is 5.46. The molecule has 5 nitrogen and oxygen atoms in total. The lowest BCUT2D eigenvalue weighted by Crippen LogP contribution is -2.39. The van der Waals surface area contributed by atoms with Gasteiger partial charge in [-0.1, -0.05) is 19.8 Å². The summed E-state index contributed by atoms with van der Waals surface area (Å²) in [6.07, 6.45) is 5.79. The van der Waals surface area contributed by atoms with Gasteiger partial charge in [0.15, 0.2) is 0 Å². The molecule has 0 aliphatic heterocycles. The van der Waals surface area contributed by atoms with Crippen LogP contribution in [0.15, 0.2) is 6.07 Å². The van der Waals surface area contributed by atoms with E-state index < -0.39 is 5.60 Å². The number of aryl methyl sites for hydroxylation is 1. The van der Waals surface area contributed by atoms with Crippen molar-refractivity contribution in [1.82, 2.24) is 9.97 Å². The van der Waals surface area contributed by atoms with Crippen molar-refractivity contribution in [3.05, 3.63) is 11.9 Å². The van der Waals surface area contributed by atoms with Crippen molar-refractivity contribution in [3.8, 4) is 0 Å². The molecule has 19 heavy (non-hydrogen) atoms. The Bertz CT molecular complexity index is 429. The van der Waals surface area contributed by atoms with Crippen LogP contribution in [0.4, 0.5) is 11.6 Å². The summed E-state index contributed by atoms with van der Waals surface area (Å²) >= 11 is 0. The normalized spacial score (nSPS) is 17.6. The third kappa shape index (κ3) is 3.56. The Kier molecular flexibility index (Phi) is 4.24. The Morgan fingerprint density at radius 2 is 2.05 bits per heavy atom. The number of likely N-dealkylation sites (N-methyl/N-ethyl adjacent to an activating group) is 1. The second kappa shape index (κ2) is 5.74. The second-order valence-corrected chi connectivity index (χ2v) is 5.60. The summed E-state index contributed by atoms with van der Waals surface area (Å²) in [6, 6.07) is 1.78. The molecule has 1 aromatic heterocycles. The first-order valence-corrected chi connectivity index (χ1v) is 7.09. The Morgan fingerprint density at radius 3 is 2.68 bits per heavy atom. The van der Waals surface area contributed by atoms with Gasteiger partial charge in [0, 0.05) is 26.1 Å². The third-order valence-electron chi connectivity index (χ3n) is 3.71. The van der Waals surface area contributed by atoms with Crippen molar-refractivity contribution < 1.29 is 5.11 Å². The molecular weight excluding hydrogens is 240 g/mol. The Morgan fingerprint density at radius 1 is 1.37 bits per heavy atom. The highest BCUT2D eigenvalue weighted by Gasteiger charge is 2.32. The fourth-order valence-electron chi connectivity index (χ4n) is 2.75. The standard InChI is InChI=1S/C14H24N4O/c1-3-6-12-16-11(15)9-13(17-12)18(2)10-14(19)7-4-5-8-14/h9,19H,3-8,10H2,1-2H3,(H2,15,16,17). The van der Waals surface area contributed by atoms with E-state index in [9.17, 15) is 5.11 Å². The maximum Gasteiger partial charge on any atom is 0.134 e. The Hall–Kier alpha value is -1.36. The fraction of sp³-hybridized carbons (Fsp3) is 0.714. The number of nitrogen functional groups attached to an aromatic ring is 1. The number of hydrogen-bond acceptors (Lipinski definition) is 5. The van der Waals surface area contributed by atoms with E-state index in [0.29, 0.717) is 12.4 Å². The number of anilines is 2. The number of aliphatic hydroxyl groups is 1.